The maximum Gasteiger partial charge on any atom is 0.357 e. The van der Waals surface area contributed by atoms with Crippen LogP contribution in [0.5, 0.6) is 0 Å². The molecule has 0 saturated carbocycles. The lowest BCUT2D eigenvalue weighted by Gasteiger charge is -2.20. The van der Waals surface area contributed by atoms with E-state index >= 15 is 0 Å². The van der Waals surface area contributed by atoms with Gasteiger partial charge in [0, 0.05) is 21.3 Å². The van der Waals surface area contributed by atoms with E-state index in [1.165, 1.54) is 12.3 Å². The fourth-order valence-corrected chi connectivity index (χ4v) is 9.97. The summed E-state index contributed by atoms with van der Waals surface area (Å²) < 4.78 is 2.75. The molecule has 0 N–H and O–H groups in total. The van der Waals surface area contributed by atoms with Crippen LogP contribution < -0.4 is 26.4 Å². The molecule has 1 nitrogen and oxygen atoms in total. The largest absolute Gasteiger partial charge is 0.357 e. The summed E-state index contributed by atoms with van der Waals surface area (Å²) in [5.74, 6) is 0.0954. The lowest BCUT2D eigenvalue weighted by molar-refractivity contribution is -0.596. The Morgan fingerprint density at radius 2 is 1.50 bits per heavy atom. The van der Waals surface area contributed by atoms with Crippen LogP contribution in [0.25, 0.3) is 0 Å². The number of carbonyl (C=O) groups is 1. The summed E-state index contributed by atoms with van der Waals surface area (Å²) in [6.07, 6.45) is 0. The number of carbonyl (C=O) groups excluding carboxylic acids is 1. The Morgan fingerprint density at radius 3 is 2.12 bits per heavy atom. The van der Waals surface area contributed by atoms with Crippen molar-refractivity contribution in [1.82, 2.24) is 0 Å². The zero-order chi connectivity index (χ0) is 18.7. The van der Waals surface area contributed by atoms with Crippen LogP contribution >= 0.6 is 11.6 Å². The van der Waals surface area contributed by atoms with Crippen molar-refractivity contribution in [3.8, 4) is 0 Å². The van der Waals surface area contributed by atoms with Gasteiger partial charge in [0.25, 0.3) is 0 Å². The first kappa shape index (κ1) is 19.3. The Labute approximate surface area is 171 Å². The Balaban J connectivity index is 2.09. The molecule has 0 radical (unpaired) electrons. The highest BCUT2D eigenvalue weighted by atomic mass is 127. The molecule has 26 heavy (non-hydrogen) atoms. The maximum atomic E-state index is 13.2. The quantitative estimate of drug-likeness (QED) is 0.304. The van der Waals surface area contributed by atoms with Gasteiger partial charge in [0.2, 0.25) is 0 Å². The first-order valence-corrected chi connectivity index (χ1v) is 14.5. The van der Waals surface area contributed by atoms with Crippen LogP contribution in [0.4, 0.5) is 0 Å². The molecule has 0 unspecified atom stereocenters. The average Bonchev–Trinajstić information content (AvgIpc) is 2.61. The normalized spacial score (nSPS) is 11.4. The molecular formula is C22H21ClIOSi+. The molecule has 0 fully saturated rings. The Kier molecular flexibility index (Phi) is 6.00. The summed E-state index contributed by atoms with van der Waals surface area (Å²) in [7, 11) is -1.70. The number of halogens is 2. The molecule has 0 aliphatic heterocycles. The molecule has 0 aliphatic carbocycles. The fourth-order valence-electron chi connectivity index (χ4n) is 2.91. The average molecular weight is 492 g/mol. The van der Waals surface area contributed by atoms with Crippen LogP contribution in [-0.4, -0.2) is 13.9 Å². The lowest BCUT2D eigenvalue weighted by Crippen LogP contribution is -3.62. The summed E-state index contributed by atoms with van der Waals surface area (Å²) in [5, 5.41) is 1.95. The van der Waals surface area contributed by atoms with Crippen molar-refractivity contribution in [3.05, 3.63) is 96.1 Å². The number of rotatable bonds is 5. The summed E-state index contributed by atoms with van der Waals surface area (Å²) in [6, 6.07) is 24.0. The predicted octanol–water partition coefficient (Wildman–Crippen LogP) is 2.24. The van der Waals surface area contributed by atoms with Crippen molar-refractivity contribution >= 4 is 30.6 Å². The van der Waals surface area contributed by atoms with E-state index in [1.807, 2.05) is 30.3 Å². The minimum atomic E-state index is -1.70. The molecule has 0 atom stereocenters. The third-order valence-corrected chi connectivity index (χ3v) is 9.68. The monoisotopic (exact) mass is 491 g/mol. The van der Waals surface area contributed by atoms with Crippen LogP contribution in [0.2, 0.25) is 24.7 Å². The van der Waals surface area contributed by atoms with Gasteiger partial charge >= 0.3 is 21.2 Å². The van der Waals surface area contributed by atoms with Crippen molar-refractivity contribution in [2.24, 2.45) is 0 Å². The minimum absolute atomic E-state index is 0.0954. The van der Waals surface area contributed by atoms with Gasteiger partial charge in [0.05, 0.1) is 8.07 Å². The molecule has 3 aromatic carbocycles. The molecule has 0 amide bonds. The zero-order valence-electron chi connectivity index (χ0n) is 15.1. The Bertz CT molecular complexity index is 915. The molecule has 0 heterocycles. The van der Waals surface area contributed by atoms with Crippen molar-refractivity contribution in [3.63, 3.8) is 0 Å². The first-order valence-electron chi connectivity index (χ1n) is 8.50. The SMILES string of the molecule is C[Si](C)(C)c1c([I+]c2ccccc2)cccc1C(=O)c1ccc(Cl)cc1. The second-order valence-electron chi connectivity index (χ2n) is 7.14. The topological polar surface area (TPSA) is 17.1 Å². The standard InChI is InChI=1S/C22H21ClIOSi/c1-26(2,3)22-19(21(25)16-12-14-17(23)15-13-16)10-7-11-20(22)24-18-8-5-4-6-9-18/h4-15H,1-3H3/q+1. The Hall–Kier alpha value is -1.43. The van der Waals surface area contributed by atoms with E-state index < -0.39 is 8.07 Å². The van der Waals surface area contributed by atoms with Crippen molar-refractivity contribution in [1.29, 1.82) is 0 Å². The molecule has 3 aromatic rings. The molecule has 0 spiro atoms. The zero-order valence-corrected chi connectivity index (χ0v) is 19.0. The van der Waals surface area contributed by atoms with E-state index in [2.05, 4.69) is 50.0 Å². The van der Waals surface area contributed by atoms with Gasteiger partial charge in [-0.2, -0.15) is 0 Å². The molecule has 0 saturated heterocycles. The van der Waals surface area contributed by atoms with Crippen LogP contribution in [0.3, 0.4) is 0 Å². The van der Waals surface area contributed by atoms with E-state index in [-0.39, 0.29) is 27.0 Å². The van der Waals surface area contributed by atoms with Gasteiger partial charge in [-0.15, -0.1) is 0 Å². The maximum absolute atomic E-state index is 13.2. The van der Waals surface area contributed by atoms with E-state index in [0.717, 1.165) is 5.56 Å². The van der Waals surface area contributed by atoms with Crippen LogP contribution in [0.15, 0.2) is 72.8 Å². The van der Waals surface area contributed by atoms with Gasteiger partial charge in [0.15, 0.2) is 12.9 Å². The molecule has 132 valence electrons. The van der Waals surface area contributed by atoms with Gasteiger partial charge in [0.1, 0.15) is 0 Å². The minimum Gasteiger partial charge on any atom is -0.289 e. The summed E-state index contributed by atoms with van der Waals surface area (Å²) in [5.41, 5.74) is 1.56. The number of benzene rings is 3. The third kappa shape index (κ3) is 4.45. The van der Waals surface area contributed by atoms with E-state index in [0.29, 0.717) is 10.6 Å². The van der Waals surface area contributed by atoms with E-state index in [1.54, 1.807) is 12.1 Å². The molecule has 0 aromatic heterocycles. The second kappa shape index (κ2) is 8.07. The van der Waals surface area contributed by atoms with Gasteiger partial charge in [-0.1, -0.05) is 61.6 Å². The first-order chi connectivity index (χ1) is 12.4. The lowest BCUT2D eigenvalue weighted by atomic mass is 10.0. The van der Waals surface area contributed by atoms with Crippen molar-refractivity contribution < 1.29 is 26.0 Å². The smallest absolute Gasteiger partial charge is 0.289 e. The summed E-state index contributed by atoms with van der Waals surface area (Å²) >= 11 is 5.67. The molecule has 4 heteroatoms. The number of hydrogen-bond donors (Lipinski definition) is 0. The van der Waals surface area contributed by atoms with Gasteiger partial charge in [-0.3, -0.25) is 4.79 Å². The number of hydrogen-bond acceptors (Lipinski definition) is 1. The van der Waals surface area contributed by atoms with E-state index in [9.17, 15) is 4.79 Å². The van der Waals surface area contributed by atoms with Gasteiger partial charge in [-0.05, 0) is 42.5 Å². The molecule has 3 rings (SSSR count). The molecule has 0 bridgehead atoms. The Morgan fingerprint density at radius 1 is 0.846 bits per heavy atom. The number of ketones is 1. The highest BCUT2D eigenvalue weighted by Crippen LogP contribution is 2.15. The molecular weight excluding hydrogens is 471 g/mol. The second-order valence-corrected chi connectivity index (χ2v) is 15.5. The van der Waals surface area contributed by atoms with Gasteiger partial charge < -0.3 is 0 Å². The van der Waals surface area contributed by atoms with Crippen LogP contribution in [0, 0.1) is 7.14 Å². The predicted molar refractivity (Wildman–Crippen MR) is 108 cm³/mol. The third-order valence-electron chi connectivity index (χ3n) is 4.06. The van der Waals surface area contributed by atoms with Gasteiger partial charge in [-0.25, -0.2) is 0 Å². The summed E-state index contributed by atoms with van der Waals surface area (Å²) in [6.45, 7) is 6.96. The fraction of sp³-hybridized carbons (Fsp3) is 0.136. The van der Waals surface area contributed by atoms with Crippen LogP contribution in [-0.2, 0) is 0 Å². The highest BCUT2D eigenvalue weighted by molar-refractivity contribution is 6.89. The van der Waals surface area contributed by atoms with E-state index in [4.69, 9.17) is 11.6 Å². The molecule has 0 aliphatic rings. The van der Waals surface area contributed by atoms with Crippen molar-refractivity contribution in [2.75, 3.05) is 0 Å². The highest BCUT2D eigenvalue weighted by Gasteiger charge is 2.33. The summed E-state index contributed by atoms with van der Waals surface area (Å²) in [4.78, 5) is 13.2. The van der Waals surface area contributed by atoms with Crippen molar-refractivity contribution in [2.45, 2.75) is 19.6 Å². The van der Waals surface area contributed by atoms with Crippen LogP contribution in [0.1, 0.15) is 15.9 Å².